The Morgan fingerprint density at radius 3 is 3.12 bits per heavy atom. The first-order chi connectivity index (χ1) is 7.65. The van der Waals surface area contributed by atoms with Gasteiger partial charge in [0.2, 0.25) is 0 Å². The molecule has 0 bridgehead atoms. The SMILES string of the molecule is CN1CCCC(Cc2noc(C(=O)O)n2)C1. The molecule has 1 aliphatic heterocycles. The van der Waals surface area contributed by atoms with Crippen LogP contribution in [-0.4, -0.2) is 46.3 Å². The van der Waals surface area contributed by atoms with Gasteiger partial charge in [-0.2, -0.15) is 4.98 Å². The lowest BCUT2D eigenvalue weighted by molar-refractivity contribution is 0.0643. The van der Waals surface area contributed by atoms with E-state index in [1.807, 2.05) is 0 Å². The molecule has 0 aliphatic carbocycles. The van der Waals surface area contributed by atoms with Crippen molar-refractivity contribution >= 4 is 5.97 Å². The summed E-state index contributed by atoms with van der Waals surface area (Å²) in [7, 11) is 2.09. The quantitative estimate of drug-likeness (QED) is 0.813. The van der Waals surface area contributed by atoms with Crippen molar-refractivity contribution < 1.29 is 14.4 Å². The van der Waals surface area contributed by atoms with Gasteiger partial charge in [0.25, 0.3) is 0 Å². The number of rotatable bonds is 3. The van der Waals surface area contributed by atoms with E-state index in [4.69, 9.17) is 5.11 Å². The smallest absolute Gasteiger partial charge is 0.394 e. The van der Waals surface area contributed by atoms with Gasteiger partial charge in [0, 0.05) is 13.0 Å². The zero-order chi connectivity index (χ0) is 11.5. The third-order valence-corrected chi connectivity index (χ3v) is 2.84. The second-order valence-corrected chi connectivity index (χ2v) is 4.30. The van der Waals surface area contributed by atoms with Crippen LogP contribution < -0.4 is 0 Å². The number of likely N-dealkylation sites (tertiary alicyclic amines) is 1. The third-order valence-electron chi connectivity index (χ3n) is 2.84. The summed E-state index contributed by atoms with van der Waals surface area (Å²) in [5, 5.41) is 12.3. The lowest BCUT2D eigenvalue weighted by Crippen LogP contribution is -2.33. The summed E-state index contributed by atoms with van der Waals surface area (Å²) < 4.78 is 4.62. The van der Waals surface area contributed by atoms with E-state index in [1.54, 1.807) is 0 Å². The highest BCUT2D eigenvalue weighted by Crippen LogP contribution is 2.18. The zero-order valence-electron chi connectivity index (χ0n) is 9.22. The summed E-state index contributed by atoms with van der Waals surface area (Å²) in [6.07, 6.45) is 3.01. The number of aromatic carboxylic acids is 1. The average Bonchev–Trinajstić information content (AvgIpc) is 2.66. The van der Waals surface area contributed by atoms with Gasteiger partial charge in [0.15, 0.2) is 5.82 Å². The maximum absolute atomic E-state index is 10.6. The molecule has 1 unspecified atom stereocenters. The first kappa shape index (κ1) is 11.1. The van der Waals surface area contributed by atoms with Gasteiger partial charge in [0.1, 0.15) is 0 Å². The number of piperidine rings is 1. The standard InChI is InChI=1S/C10H15N3O3/c1-13-4-2-3-7(6-13)5-8-11-9(10(14)15)16-12-8/h7H,2-6H2,1H3,(H,14,15). The van der Waals surface area contributed by atoms with Crippen LogP contribution in [0.5, 0.6) is 0 Å². The first-order valence-corrected chi connectivity index (χ1v) is 5.39. The molecule has 0 saturated carbocycles. The highest BCUT2D eigenvalue weighted by molar-refractivity contribution is 5.81. The Morgan fingerprint density at radius 1 is 1.69 bits per heavy atom. The molecule has 1 aromatic heterocycles. The lowest BCUT2D eigenvalue weighted by Gasteiger charge is -2.28. The fourth-order valence-electron chi connectivity index (χ4n) is 2.12. The van der Waals surface area contributed by atoms with Crippen LogP contribution in [0, 0.1) is 5.92 Å². The van der Waals surface area contributed by atoms with Crippen molar-refractivity contribution in [2.75, 3.05) is 20.1 Å². The van der Waals surface area contributed by atoms with Crippen LogP contribution in [0.3, 0.4) is 0 Å². The molecule has 1 atom stereocenters. The van der Waals surface area contributed by atoms with Crippen molar-refractivity contribution in [2.45, 2.75) is 19.3 Å². The fourth-order valence-corrected chi connectivity index (χ4v) is 2.12. The second-order valence-electron chi connectivity index (χ2n) is 4.30. The van der Waals surface area contributed by atoms with E-state index in [9.17, 15) is 4.79 Å². The van der Waals surface area contributed by atoms with Gasteiger partial charge in [-0.25, -0.2) is 4.79 Å². The van der Waals surface area contributed by atoms with E-state index in [2.05, 4.69) is 26.6 Å². The summed E-state index contributed by atoms with van der Waals surface area (Å²) in [6.45, 7) is 2.14. The van der Waals surface area contributed by atoms with E-state index in [1.165, 1.54) is 6.42 Å². The van der Waals surface area contributed by atoms with Gasteiger partial charge >= 0.3 is 11.9 Å². The molecule has 1 saturated heterocycles. The first-order valence-electron chi connectivity index (χ1n) is 5.39. The third kappa shape index (κ3) is 2.57. The van der Waals surface area contributed by atoms with E-state index in [-0.39, 0.29) is 5.89 Å². The zero-order valence-corrected chi connectivity index (χ0v) is 9.22. The van der Waals surface area contributed by atoms with Crippen LogP contribution in [0.2, 0.25) is 0 Å². The predicted molar refractivity (Wildman–Crippen MR) is 55.2 cm³/mol. The van der Waals surface area contributed by atoms with Gasteiger partial charge < -0.3 is 14.5 Å². The monoisotopic (exact) mass is 225 g/mol. The molecule has 1 aromatic rings. The average molecular weight is 225 g/mol. The summed E-state index contributed by atoms with van der Waals surface area (Å²) in [4.78, 5) is 16.7. The minimum absolute atomic E-state index is 0.320. The fraction of sp³-hybridized carbons (Fsp3) is 0.700. The molecular weight excluding hydrogens is 210 g/mol. The van der Waals surface area contributed by atoms with Crippen LogP contribution in [0.1, 0.15) is 29.4 Å². The van der Waals surface area contributed by atoms with E-state index >= 15 is 0 Å². The Balaban J connectivity index is 1.95. The van der Waals surface area contributed by atoms with Crippen molar-refractivity contribution in [1.29, 1.82) is 0 Å². The van der Waals surface area contributed by atoms with Crippen molar-refractivity contribution in [2.24, 2.45) is 5.92 Å². The molecular formula is C10H15N3O3. The number of carboxylic acid groups (broad SMARTS) is 1. The Labute approximate surface area is 93.2 Å². The van der Waals surface area contributed by atoms with E-state index in [0.717, 1.165) is 19.5 Å². The van der Waals surface area contributed by atoms with Gasteiger partial charge in [-0.15, -0.1) is 0 Å². The van der Waals surface area contributed by atoms with Crippen LogP contribution in [-0.2, 0) is 6.42 Å². The summed E-state index contributed by atoms with van der Waals surface area (Å²) in [5.74, 6) is -0.491. The Hall–Kier alpha value is -1.43. The van der Waals surface area contributed by atoms with Crippen molar-refractivity contribution in [1.82, 2.24) is 15.0 Å². The molecule has 1 aliphatic rings. The topological polar surface area (TPSA) is 79.5 Å². The Morgan fingerprint density at radius 2 is 2.50 bits per heavy atom. The van der Waals surface area contributed by atoms with Gasteiger partial charge in [-0.05, 0) is 32.4 Å². The highest BCUT2D eigenvalue weighted by Gasteiger charge is 2.21. The van der Waals surface area contributed by atoms with Crippen LogP contribution >= 0.6 is 0 Å². The minimum Gasteiger partial charge on any atom is -0.474 e. The molecule has 88 valence electrons. The van der Waals surface area contributed by atoms with Crippen molar-refractivity contribution in [3.8, 4) is 0 Å². The van der Waals surface area contributed by atoms with Crippen molar-refractivity contribution in [3.63, 3.8) is 0 Å². The molecule has 0 radical (unpaired) electrons. The molecule has 2 rings (SSSR count). The molecule has 0 amide bonds. The van der Waals surface area contributed by atoms with Gasteiger partial charge in [-0.3, -0.25) is 0 Å². The summed E-state index contributed by atoms with van der Waals surface area (Å²) in [6, 6.07) is 0. The largest absolute Gasteiger partial charge is 0.474 e. The van der Waals surface area contributed by atoms with Crippen LogP contribution in [0.15, 0.2) is 4.52 Å². The van der Waals surface area contributed by atoms with Gasteiger partial charge in [-0.1, -0.05) is 5.16 Å². The second kappa shape index (κ2) is 4.61. The number of hydrogen-bond acceptors (Lipinski definition) is 5. The van der Waals surface area contributed by atoms with Crippen LogP contribution in [0.25, 0.3) is 0 Å². The highest BCUT2D eigenvalue weighted by atomic mass is 16.5. The normalized spacial score (nSPS) is 22.2. The number of aromatic nitrogens is 2. The molecule has 2 heterocycles. The molecule has 16 heavy (non-hydrogen) atoms. The Kier molecular flexibility index (Phi) is 3.19. The molecule has 1 fully saturated rings. The molecule has 0 aromatic carbocycles. The van der Waals surface area contributed by atoms with E-state index in [0.29, 0.717) is 18.2 Å². The van der Waals surface area contributed by atoms with E-state index < -0.39 is 5.97 Å². The minimum atomic E-state index is -1.17. The molecule has 1 N–H and O–H groups in total. The maximum Gasteiger partial charge on any atom is 0.394 e. The predicted octanol–water partition coefficient (Wildman–Crippen LogP) is 0.652. The number of carbonyl (C=O) groups is 1. The molecule has 6 nitrogen and oxygen atoms in total. The van der Waals surface area contributed by atoms with Crippen molar-refractivity contribution in [3.05, 3.63) is 11.7 Å². The lowest BCUT2D eigenvalue weighted by atomic mass is 9.95. The van der Waals surface area contributed by atoms with Gasteiger partial charge in [0.05, 0.1) is 0 Å². The number of hydrogen-bond donors (Lipinski definition) is 1. The number of carboxylic acids is 1. The maximum atomic E-state index is 10.6. The molecule has 0 spiro atoms. The summed E-state index contributed by atoms with van der Waals surface area (Å²) >= 11 is 0. The Bertz CT molecular complexity index is 377. The molecule has 6 heteroatoms. The number of nitrogens with zero attached hydrogens (tertiary/aromatic N) is 3. The van der Waals surface area contributed by atoms with Crippen LogP contribution in [0.4, 0.5) is 0 Å². The summed E-state index contributed by atoms with van der Waals surface area (Å²) in [5.41, 5.74) is 0.